The third-order valence-electron chi connectivity index (χ3n) is 3.80. The summed E-state index contributed by atoms with van der Waals surface area (Å²) >= 11 is 6.91. The minimum atomic E-state index is -0.554. The molecule has 11 heteroatoms. The summed E-state index contributed by atoms with van der Waals surface area (Å²) in [5, 5.41) is 14.0. The largest absolute Gasteiger partial charge is 0.459 e. The first-order chi connectivity index (χ1) is 14.0. The number of hydrogen-bond donors (Lipinski definition) is 2. The Morgan fingerprint density at radius 1 is 1.31 bits per heavy atom. The van der Waals surface area contributed by atoms with Gasteiger partial charge in [0.15, 0.2) is 16.7 Å². The van der Waals surface area contributed by atoms with Crippen LogP contribution < -0.4 is 10.6 Å². The maximum absolute atomic E-state index is 13.2. The lowest BCUT2D eigenvalue weighted by Crippen LogP contribution is -2.24. The number of carbonyl (C=O) groups excluding carboxylic acids is 2. The fourth-order valence-corrected chi connectivity index (χ4v) is 3.43. The van der Waals surface area contributed by atoms with Gasteiger partial charge in [-0.05, 0) is 37.3 Å². The minimum Gasteiger partial charge on any atom is -0.459 e. The van der Waals surface area contributed by atoms with E-state index in [1.165, 1.54) is 36.2 Å². The highest BCUT2D eigenvalue weighted by molar-refractivity contribution is 7.99. The lowest BCUT2D eigenvalue weighted by atomic mass is 10.3. The summed E-state index contributed by atoms with van der Waals surface area (Å²) in [4.78, 5) is 24.1. The van der Waals surface area contributed by atoms with Gasteiger partial charge in [0.1, 0.15) is 5.82 Å². The zero-order chi connectivity index (χ0) is 20.8. The number of furan rings is 1. The van der Waals surface area contributed by atoms with Crippen LogP contribution in [-0.2, 0) is 17.9 Å². The van der Waals surface area contributed by atoms with Crippen LogP contribution in [0.4, 0.5) is 10.1 Å². The van der Waals surface area contributed by atoms with Crippen molar-refractivity contribution in [1.82, 2.24) is 20.1 Å². The molecule has 0 unspecified atom stereocenters. The van der Waals surface area contributed by atoms with Crippen LogP contribution in [0.15, 0.2) is 46.2 Å². The Balaban J connectivity index is 1.56. The van der Waals surface area contributed by atoms with E-state index in [0.717, 1.165) is 0 Å². The molecule has 0 bridgehead atoms. The van der Waals surface area contributed by atoms with Gasteiger partial charge in [0, 0.05) is 12.2 Å². The second-order valence-electron chi connectivity index (χ2n) is 5.77. The molecule has 2 heterocycles. The van der Waals surface area contributed by atoms with Gasteiger partial charge in [-0.1, -0.05) is 23.4 Å². The van der Waals surface area contributed by atoms with E-state index in [9.17, 15) is 14.0 Å². The molecule has 0 saturated heterocycles. The summed E-state index contributed by atoms with van der Waals surface area (Å²) in [6, 6.07) is 7.14. The molecule has 1 aromatic carbocycles. The molecular formula is C18H17ClFN5O3S. The quantitative estimate of drug-likeness (QED) is 0.524. The van der Waals surface area contributed by atoms with Crippen LogP contribution in [0.5, 0.6) is 0 Å². The lowest BCUT2D eigenvalue weighted by molar-refractivity contribution is -0.113. The molecule has 2 N–H and O–H groups in total. The molecular weight excluding hydrogens is 421 g/mol. The number of benzene rings is 1. The van der Waals surface area contributed by atoms with E-state index in [1.54, 1.807) is 16.7 Å². The molecule has 2 aromatic heterocycles. The van der Waals surface area contributed by atoms with E-state index >= 15 is 0 Å². The van der Waals surface area contributed by atoms with Crippen LogP contribution in [-0.4, -0.2) is 32.3 Å². The van der Waals surface area contributed by atoms with Crippen molar-refractivity contribution in [2.24, 2.45) is 0 Å². The molecule has 0 fully saturated rings. The van der Waals surface area contributed by atoms with Gasteiger partial charge in [0.25, 0.3) is 5.91 Å². The predicted octanol–water partition coefficient (Wildman–Crippen LogP) is 3.34. The van der Waals surface area contributed by atoms with E-state index in [4.69, 9.17) is 16.0 Å². The maximum atomic E-state index is 13.2. The smallest absolute Gasteiger partial charge is 0.287 e. The van der Waals surface area contributed by atoms with Gasteiger partial charge < -0.3 is 19.6 Å². The van der Waals surface area contributed by atoms with Crippen LogP contribution in [0.2, 0.25) is 5.02 Å². The molecule has 29 heavy (non-hydrogen) atoms. The number of anilines is 1. The molecule has 2 amide bonds. The Bertz CT molecular complexity index is 1010. The van der Waals surface area contributed by atoms with Crippen molar-refractivity contribution in [2.75, 3.05) is 11.1 Å². The van der Waals surface area contributed by atoms with Crippen molar-refractivity contribution in [2.45, 2.75) is 25.2 Å². The molecule has 3 rings (SSSR count). The van der Waals surface area contributed by atoms with Crippen molar-refractivity contribution in [3.05, 3.63) is 59.0 Å². The Kier molecular flexibility index (Phi) is 6.89. The number of nitrogens with zero attached hydrogens (tertiary/aromatic N) is 3. The number of carbonyl (C=O) groups is 2. The molecule has 0 aliphatic heterocycles. The zero-order valence-electron chi connectivity index (χ0n) is 15.3. The first-order valence-corrected chi connectivity index (χ1v) is 9.95. The molecule has 3 aromatic rings. The highest BCUT2D eigenvalue weighted by atomic mass is 35.5. The van der Waals surface area contributed by atoms with Crippen molar-refractivity contribution in [3.8, 4) is 0 Å². The SMILES string of the molecule is CCn1c(CNC(=O)c2ccco2)nnc1SCC(=O)Nc1ccc(F)c(Cl)c1. The summed E-state index contributed by atoms with van der Waals surface area (Å²) in [5.41, 5.74) is 0.403. The van der Waals surface area contributed by atoms with Gasteiger partial charge in [-0.3, -0.25) is 9.59 Å². The Morgan fingerprint density at radius 3 is 2.83 bits per heavy atom. The van der Waals surface area contributed by atoms with Crippen LogP contribution in [0.1, 0.15) is 23.3 Å². The van der Waals surface area contributed by atoms with Gasteiger partial charge >= 0.3 is 0 Å². The summed E-state index contributed by atoms with van der Waals surface area (Å²) in [7, 11) is 0. The predicted molar refractivity (Wildman–Crippen MR) is 106 cm³/mol. The topological polar surface area (TPSA) is 102 Å². The van der Waals surface area contributed by atoms with Gasteiger partial charge in [-0.25, -0.2) is 4.39 Å². The van der Waals surface area contributed by atoms with Gasteiger partial charge in [0.05, 0.1) is 23.6 Å². The molecule has 152 valence electrons. The Labute approximate surface area is 174 Å². The Hall–Kier alpha value is -2.85. The highest BCUT2D eigenvalue weighted by Gasteiger charge is 2.15. The first-order valence-electron chi connectivity index (χ1n) is 8.59. The normalized spacial score (nSPS) is 10.7. The number of rotatable bonds is 8. The first kappa shape index (κ1) is 20.9. The number of halogens is 2. The Morgan fingerprint density at radius 2 is 2.14 bits per heavy atom. The van der Waals surface area contributed by atoms with Crippen LogP contribution in [0, 0.1) is 5.82 Å². The molecule has 0 atom stereocenters. The summed E-state index contributed by atoms with van der Waals surface area (Å²) in [6.45, 7) is 2.64. The fraction of sp³-hybridized carbons (Fsp3) is 0.222. The van der Waals surface area contributed by atoms with Crippen molar-refractivity contribution in [3.63, 3.8) is 0 Å². The highest BCUT2D eigenvalue weighted by Crippen LogP contribution is 2.21. The van der Waals surface area contributed by atoms with Crippen LogP contribution in [0.25, 0.3) is 0 Å². The molecule has 0 radical (unpaired) electrons. The van der Waals surface area contributed by atoms with E-state index in [-0.39, 0.29) is 34.9 Å². The maximum Gasteiger partial charge on any atom is 0.287 e. The summed E-state index contributed by atoms with van der Waals surface area (Å²) in [5.74, 6) is -0.364. The summed E-state index contributed by atoms with van der Waals surface area (Å²) in [6.07, 6.45) is 1.42. The van der Waals surface area contributed by atoms with Crippen molar-refractivity contribution < 1.29 is 18.4 Å². The van der Waals surface area contributed by atoms with Crippen LogP contribution in [0.3, 0.4) is 0 Å². The third kappa shape index (κ3) is 5.36. The average molecular weight is 438 g/mol. The third-order valence-corrected chi connectivity index (χ3v) is 5.05. The number of hydrogen-bond acceptors (Lipinski definition) is 6. The molecule has 0 aliphatic carbocycles. The van der Waals surface area contributed by atoms with E-state index in [1.807, 2.05) is 6.92 Å². The molecule has 0 spiro atoms. The average Bonchev–Trinajstić information content (AvgIpc) is 3.37. The fourth-order valence-electron chi connectivity index (χ4n) is 2.43. The molecule has 0 aliphatic rings. The zero-order valence-corrected chi connectivity index (χ0v) is 16.9. The van der Waals surface area contributed by atoms with Gasteiger partial charge in [-0.15, -0.1) is 10.2 Å². The minimum absolute atomic E-state index is 0.0672. The lowest BCUT2D eigenvalue weighted by Gasteiger charge is -2.08. The number of aromatic nitrogens is 3. The molecule has 0 saturated carbocycles. The summed E-state index contributed by atoms with van der Waals surface area (Å²) < 4.78 is 20.0. The van der Waals surface area contributed by atoms with E-state index < -0.39 is 5.82 Å². The van der Waals surface area contributed by atoms with E-state index in [0.29, 0.717) is 23.2 Å². The van der Waals surface area contributed by atoms with E-state index in [2.05, 4.69) is 20.8 Å². The number of amides is 2. The second-order valence-corrected chi connectivity index (χ2v) is 7.12. The standard InChI is InChI=1S/C18H17ClFN5O3S/c1-2-25-15(9-21-17(27)14-4-3-7-28-14)23-24-18(25)29-10-16(26)22-11-5-6-13(20)12(19)8-11/h3-8H,2,9-10H2,1H3,(H,21,27)(H,22,26). The van der Waals surface area contributed by atoms with Crippen LogP contribution >= 0.6 is 23.4 Å². The number of nitrogens with one attached hydrogen (secondary N) is 2. The monoisotopic (exact) mass is 437 g/mol. The van der Waals surface area contributed by atoms with Gasteiger partial charge in [-0.2, -0.15) is 0 Å². The molecule has 8 nitrogen and oxygen atoms in total. The van der Waals surface area contributed by atoms with Crippen molar-refractivity contribution in [1.29, 1.82) is 0 Å². The number of thioether (sulfide) groups is 1. The van der Waals surface area contributed by atoms with Crippen molar-refractivity contribution >= 4 is 40.9 Å². The van der Waals surface area contributed by atoms with Gasteiger partial charge in [0.2, 0.25) is 5.91 Å². The second kappa shape index (κ2) is 9.57.